The molecule has 3 nitrogen and oxygen atoms in total. The van der Waals surface area contributed by atoms with Gasteiger partial charge >= 0.3 is 0 Å². The van der Waals surface area contributed by atoms with Crippen LogP contribution in [0.1, 0.15) is 25.5 Å². The second kappa shape index (κ2) is 2.47. The van der Waals surface area contributed by atoms with Crippen molar-refractivity contribution in [2.45, 2.75) is 30.8 Å². The van der Waals surface area contributed by atoms with E-state index in [2.05, 4.69) is 16.9 Å². The molecule has 1 aromatic heterocycles. The quantitative estimate of drug-likeness (QED) is 0.665. The lowest BCUT2D eigenvalue weighted by atomic mass is 9.61. The second-order valence-electron chi connectivity index (χ2n) is 4.60. The Balaban J connectivity index is 1.98. The molecule has 4 rings (SSSR count). The molecule has 1 aromatic rings. The average Bonchev–Trinajstić information content (AvgIpc) is 2.59. The first-order valence-electron chi connectivity index (χ1n) is 4.74. The Morgan fingerprint density at radius 2 is 2.21 bits per heavy atom. The molecule has 0 N–H and O–H groups in total. The van der Waals surface area contributed by atoms with E-state index in [-0.39, 0.29) is 11.0 Å². The first-order chi connectivity index (χ1) is 6.62. The lowest BCUT2D eigenvalue weighted by Crippen LogP contribution is -2.45. The Hall–Kier alpha value is -0.670. The molecule has 3 fully saturated rings. The molecular formula is C10H11ClN2O. The monoisotopic (exact) mass is 210 g/mol. The zero-order chi connectivity index (χ0) is 9.81. The molecular weight excluding hydrogens is 200 g/mol. The van der Waals surface area contributed by atoms with Crippen molar-refractivity contribution in [1.82, 2.24) is 9.97 Å². The molecule has 1 aliphatic carbocycles. The summed E-state index contributed by atoms with van der Waals surface area (Å²) in [6.45, 7) is 2.93. The summed E-state index contributed by atoms with van der Waals surface area (Å²) in [4.78, 5) is 8.18. The normalized spacial score (nSPS) is 39.6. The zero-order valence-corrected chi connectivity index (χ0v) is 8.71. The van der Waals surface area contributed by atoms with E-state index in [1.807, 2.05) is 6.07 Å². The number of hydrogen-bond acceptors (Lipinski definition) is 3. The molecule has 0 amide bonds. The van der Waals surface area contributed by atoms with E-state index in [1.54, 1.807) is 0 Å². The van der Waals surface area contributed by atoms with Crippen LogP contribution in [0, 0.1) is 0 Å². The number of halogens is 1. The van der Waals surface area contributed by atoms with E-state index in [4.69, 9.17) is 16.3 Å². The van der Waals surface area contributed by atoms with Gasteiger partial charge in [0.05, 0.1) is 17.9 Å². The van der Waals surface area contributed by atoms with Crippen molar-refractivity contribution >= 4 is 11.6 Å². The van der Waals surface area contributed by atoms with Crippen LogP contribution in [0.2, 0.25) is 5.15 Å². The van der Waals surface area contributed by atoms with Gasteiger partial charge in [-0.2, -0.15) is 0 Å². The van der Waals surface area contributed by atoms with Gasteiger partial charge in [-0.05, 0) is 25.8 Å². The van der Waals surface area contributed by atoms with Gasteiger partial charge in [-0.3, -0.25) is 0 Å². The van der Waals surface area contributed by atoms with Gasteiger partial charge in [0.25, 0.3) is 0 Å². The average molecular weight is 211 g/mol. The molecule has 1 saturated carbocycles. The van der Waals surface area contributed by atoms with Crippen molar-refractivity contribution in [1.29, 1.82) is 0 Å². The molecule has 3 heterocycles. The van der Waals surface area contributed by atoms with E-state index in [1.165, 1.54) is 6.33 Å². The fraction of sp³-hybridized carbons (Fsp3) is 0.600. The van der Waals surface area contributed by atoms with Crippen LogP contribution in [0.25, 0.3) is 0 Å². The third kappa shape index (κ3) is 1.03. The summed E-state index contributed by atoms with van der Waals surface area (Å²) < 4.78 is 5.71. The molecule has 2 saturated heterocycles. The highest BCUT2D eigenvalue weighted by Crippen LogP contribution is 2.58. The molecule has 4 heteroatoms. The van der Waals surface area contributed by atoms with Gasteiger partial charge in [0, 0.05) is 5.41 Å². The maximum atomic E-state index is 5.85. The van der Waals surface area contributed by atoms with Gasteiger partial charge in [-0.15, -0.1) is 0 Å². The number of rotatable bonds is 1. The summed E-state index contributed by atoms with van der Waals surface area (Å²) >= 11 is 5.85. The molecule has 0 radical (unpaired) electrons. The highest BCUT2D eigenvalue weighted by atomic mass is 35.5. The fourth-order valence-electron chi connectivity index (χ4n) is 2.78. The minimum absolute atomic E-state index is 0.0947. The Kier molecular flexibility index (Phi) is 1.52. The Morgan fingerprint density at radius 3 is 2.79 bits per heavy atom. The largest absolute Gasteiger partial charge is 0.374 e. The van der Waals surface area contributed by atoms with E-state index in [0.29, 0.717) is 5.15 Å². The maximum absolute atomic E-state index is 5.85. The summed E-state index contributed by atoms with van der Waals surface area (Å²) in [5.74, 6) is 0. The van der Waals surface area contributed by atoms with Gasteiger partial charge in [-0.1, -0.05) is 11.6 Å². The SMILES string of the molecule is CC12CC(c3cc(Cl)ncn3)(CO1)C2. The molecule has 3 aliphatic rings. The number of nitrogens with zero attached hydrogens (tertiary/aromatic N) is 2. The minimum Gasteiger partial charge on any atom is -0.374 e. The van der Waals surface area contributed by atoms with E-state index >= 15 is 0 Å². The highest BCUT2D eigenvalue weighted by molar-refractivity contribution is 6.29. The minimum atomic E-state index is 0.0947. The van der Waals surface area contributed by atoms with E-state index < -0.39 is 0 Å². The number of ether oxygens (including phenoxy) is 1. The molecule has 2 aliphatic heterocycles. The molecule has 0 unspecified atom stereocenters. The summed E-state index contributed by atoms with van der Waals surface area (Å²) in [5.41, 5.74) is 1.26. The van der Waals surface area contributed by atoms with E-state index in [9.17, 15) is 0 Å². The molecule has 0 aromatic carbocycles. The lowest BCUT2D eigenvalue weighted by molar-refractivity contribution is 0.0153. The number of aromatic nitrogens is 2. The van der Waals surface area contributed by atoms with Crippen LogP contribution in [0.3, 0.4) is 0 Å². The number of fused-ring (bicyclic) bond motifs is 1. The maximum Gasteiger partial charge on any atom is 0.132 e. The predicted molar refractivity (Wildman–Crippen MR) is 52.3 cm³/mol. The van der Waals surface area contributed by atoms with Gasteiger partial charge in [0.2, 0.25) is 0 Å². The smallest absolute Gasteiger partial charge is 0.132 e. The van der Waals surface area contributed by atoms with Crippen molar-refractivity contribution in [3.05, 3.63) is 23.2 Å². The van der Waals surface area contributed by atoms with Crippen LogP contribution < -0.4 is 0 Å². The Morgan fingerprint density at radius 1 is 1.43 bits per heavy atom. The van der Waals surface area contributed by atoms with Crippen LogP contribution in [0.15, 0.2) is 12.4 Å². The van der Waals surface area contributed by atoms with Crippen molar-refractivity contribution in [3.8, 4) is 0 Å². The Labute approximate surface area is 87.5 Å². The molecule has 0 spiro atoms. The first-order valence-corrected chi connectivity index (χ1v) is 5.12. The topological polar surface area (TPSA) is 35.0 Å². The summed E-state index contributed by atoms with van der Waals surface area (Å²) in [7, 11) is 0. The van der Waals surface area contributed by atoms with Crippen molar-refractivity contribution < 1.29 is 4.74 Å². The summed E-state index contributed by atoms with van der Waals surface area (Å²) in [6.07, 6.45) is 3.65. The van der Waals surface area contributed by atoms with Crippen molar-refractivity contribution in [3.63, 3.8) is 0 Å². The zero-order valence-electron chi connectivity index (χ0n) is 7.96. The third-order valence-electron chi connectivity index (χ3n) is 3.30. The number of hydrogen-bond donors (Lipinski definition) is 0. The molecule has 0 atom stereocenters. The molecule has 14 heavy (non-hydrogen) atoms. The van der Waals surface area contributed by atoms with Gasteiger partial charge < -0.3 is 4.74 Å². The lowest BCUT2D eigenvalue weighted by Gasteiger charge is -2.41. The standard InChI is InChI=1S/C10H11ClN2O/c1-9-3-10(4-9,5-14-9)7-2-8(11)13-6-12-7/h2,6H,3-5H2,1H3. The van der Waals surface area contributed by atoms with Crippen LogP contribution in [0.4, 0.5) is 0 Å². The van der Waals surface area contributed by atoms with Crippen LogP contribution in [0.5, 0.6) is 0 Å². The summed E-state index contributed by atoms with van der Waals surface area (Å²) in [6, 6.07) is 1.86. The molecule has 2 bridgehead atoms. The predicted octanol–water partition coefficient (Wildman–Crippen LogP) is 1.95. The van der Waals surface area contributed by atoms with Gasteiger partial charge in [0.1, 0.15) is 11.5 Å². The van der Waals surface area contributed by atoms with Crippen molar-refractivity contribution in [2.75, 3.05) is 6.61 Å². The van der Waals surface area contributed by atoms with Crippen LogP contribution in [-0.2, 0) is 10.2 Å². The van der Waals surface area contributed by atoms with Crippen LogP contribution >= 0.6 is 11.6 Å². The van der Waals surface area contributed by atoms with Crippen LogP contribution in [-0.4, -0.2) is 22.2 Å². The second-order valence-corrected chi connectivity index (χ2v) is 4.99. The Bertz CT molecular complexity index is 387. The first kappa shape index (κ1) is 8.62. The van der Waals surface area contributed by atoms with Gasteiger partial charge in [0.15, 0.2) is 0 Å². The molecule has 74 valence electrons. The highest BCUT2D eigenvalue weighted by Gasteiger charge is 2.61. The third-order valence-corrected chi connectivity index (χ3v) is 3.51. The summed E-state index contributed by atoms with van der Waals surface area (Å²) in [5, 5.41) is 0.518. The van der Waals surface area contributed by atoms with Gasteiger partial charge in [-0.25, -0.2) is 9.97 Å². The van der Waals surface area contributed by atoms with Crippen molar-refractivity contribution in [2.24, 2.45) is 0 Å². The fourth-order valence-corrected chi connectivity index (χ4v) is 2.92. The van der Waals surface area contributed by atoms with E-state index in [0.717, 1.165) is 25.1 Å².